The van der Waals surface area contributed by atoms with E-state index in [0.29, 0.717) is 32.8 Å². The Morgan fingerprint density at radius 3 is 2.34 bits per heavy atom. The van der Waals surface area contributed by atoms with Crippen molar-refractivity contribution >= 4 is 16.1 Å². The smallest absolute Gasteiger partial charge is 0.282 e. The number of carbonyl (C=O) groups is 1. The molecule has 1 aliphatic heterocycles. The van der Waals surface area contributed by atoms with Crippen LogP contribution in [0.4, 0.5) is 0 Å². The van der Waals surface area contributed by atoms with Gasteiger partial charge in [-0.25, -0.2) is 0 Å². The second-order valence-electron chi connectivity index (χ2n) is 7.98. The average molecular weight is 424 g/mol. The highest BCUT2D eigenvalue weighted by atomic mass is 32.2. The third-order valence-electron chi connectivity index (χ3n) is 6.02. The lowest BCUT2D eigenvalue weighted by Crippen LogP contribution is -2.56. The van der Waals surface area contributed by atoms with Crippen molar-refractivity contribution in [1.82, 2.24) is 13.5 Å². The van der Waals surface area contributed by atoms with Gasteiger partial charge < -0.3 is 9.64 Å². The Morgan fingerprint density at radius 2 is 1.72 bits per heavy atom. The van der Waals surface area contributed by atoms with Crippen molar-refractivity contribution in [1.29, 1.82) is 0 Å². The lowest BCUT2D eigenvalue weighted by Gasteiger charge is -2.39. The van der Waals surface area contributed by atoms with Crippen LogP contribution in [0.2, 0.25) is 0 Å². The molecular formula is C21H33N3O4S. The van der Waals surface area contributed by atoms with Gasteiger partial charge in [0.05, 0.1) is 6.61 Å². The molecule has 1 aromatic rings. The number of benzene rings is 1. The number of rotatable bonds is 7. The summed E-state index contributed by atoms with van der Waals surface area (Å²) < 4.78 is 34.7. The predicted octanol–water partition coefficient (Wildman–Crippen LogP) is 2.25. The summed E-state index contributed by atoms with van der Waals surface area (Å²) in [6.45, 7) is 3.60. The Labute approximate surface area is 174 Å². The van der Waals surface area contributed by atoms with Gasteiger partial charge in [-0.3, -0.25) is 4.79 Å². The second-order valence-corrected chi connectivity index (χ2v) is 9.97. The first-order valence-electron chi connectivity index (χ1n) is 10.6. The zero-order valence-corrected chi connectivity index (χ0v) is 18.3. The minimum Gasteiger partial charge on any atom is -0.364 e. The number of carbonyl (C=O) groups excluding carboxylic acids is 1. The quantitative estimate of drug-likeness (QED) is 0.674. The molecule has 8 heteroatoms. The van der Waals surface area contributed by atoms with Crippen molar-refractivity contribution in [2.24, 2.45) is 0 Å². The van der Waals surface area contributed by atoms with Gasteiger partial charge in [-0.15, -0.1) is 0 Å². The summed E-state index contributed by atoms with van der Waals surface area (Å²) in [5.74, 6) is -0.0846. The van der Waals surface area contributed by atoms with Crippen LogP contribution in [0.15, 0.2) is 30.3 Å². The summed E-state index contributed by atoms with van der Waals surface area (Å²) >= 11 is 0. The molecule has 1 saturated carbocycles. The Morgan fingerprint density at radius 1 is 1.10 bits per heavy atom. The minimum atomic E-state index is -3.48. The van der Waals surface area contributed by atoms with Crippen molar-refractivity contribution in [2.75, 3.05) is 33.2 Å². The van der Waals surface area contributed by atoms with Crippen molar-refractivity contribution in [3.05, 3.63) is 35.9 Å². The lowest BCUT2D eigenvalue weighted by molar-refractivity contribution is -0.144. The standard InChI is InChI=1S/C21H33N3O4S/c1-18(28-17-19-9-5-3-6-10-19)21(25)23-13-15-24(16-14-23)29(26,27)22(2)20-11-7-4-8-12-20/h3,5-6,9-10,18,20H,4,7-8,11-17H2,1-2H3/t18-/m1/s1. The molecule has 1 heterocycles. The molecule has 7 nitrogen and oxygen atoms in total. The molecule has 1 aliphatic carbocycles. The first-order chi connectivity index (χ1) is 13.9. The molecule has 1 amide bonds. The van der Waals surface area contributed by atoms with E-state index in [1.165, 1.54) is 10.7 Å². The molecule has 162 valence electrons. The molecule has 0 spiro atoms. The molecule has 1 atom stereocenters. The van der Waals surface area contributed by atoms with Crippen LogP contribution >= 0.6 is 0 Å². The van der Waals surface area contributed by atoms with E-state index < -0.39 is 16.3 Å². The number of amides is 1. The number of piperazine rings is 1. The zero-order valence-electron chi connectivity index (χ0n) is 17.5. The van der Waals surface area contributed by atoms with Crippen LogP contribution in [0.1, 0.15) is 44.6 Å². The van der Waals surface area contributed by atoms with Gasteiger partial charge in [0.2, 0.25) is 0 Å². The van der Waals surface area contributed by atoms with Crippen LogP contribution < -0.4 is 0 Å². The molecule has 1 saturated heterocycles. The van der Waals surface area contributed by atoms with Gasteiger partial charge >= 0.3 is 0 Å². The summed E-state index contributed by atoms with van der Waals surface area (Å²) in [6, 6.07) is 9.84. The Kier molecular flexibility index (Phi) is 7.67. The maximum Gasteiger partial charge on any atom is 0.282 e. The van der Waals surface area contributed by atoms with Crippen LogP contribution in [-0.4, -0.2) is 73.2 Å². The summed E-state index contributed by atoms with van der Waals surface area (Å²) in [5.41, 5.74) is 1.02. The molecule has 1 aromatic carbocycles. The van der Waals surface area contributed by atoms with Crippen LogP contribution in [0.5, 0.6) is 0 Å². The van der Waals surface area contributed by atoms with E-state index in [0.717, 1.165) is 31.2 Å². The second kappa shape index (κ2) is 10.0. The molecule has 29 heavy (non-hydrogen) atoms. The highest BCUT2D eigenvalue weighted by molar-refractivity contribution is 7.86. The van der Waals surface area contributed by atoms with Gasteiger partial charge in [0.15, 0.2) is 0 Å². The van der Waals surface area contributed by atoms with Gasteiger partial charge in [0, 0.05) is 39.3 Å². The van der Waals surface area contributed by atoms with Crippen molar-refractivity contribution < 1.29 is 17.9 Å². The Hall–Kier alpha value is -1.48. The summed E-state index contributed by atoms with van der Waals surface area (Å²) in [4.78, 5) is 14.4. The lowest BCUT2D eigenvalue weighted by atomic mass is 9.96. The largest absolute Gasteiger partial charge is 0.364 e. The number of ether oxygens (including phenoxy) is 1. The van der Waals surface area contributed by atoms with E-state index in [-0.39, 0.29) is 11.9 Å². The Bertz CT molecular complexity index is 757. The van der Waals surface area contributed by atoms with E-state index >= 15 is 0 Å². The van der Waals surface area contributed by atoms with Gasteiger partial charge in [-0.2, -0.15) is 17.0 Å². The van der Waals surface area contributed by atoms with Crippen molar-refractivity contribution in [3.8, 4) is 0 Å². The third-order valence-corrected chi connectivity index (χ3v) is 8.06. The normalized spacial score (nSPS) is 20.7. The maximum atomic E-state index is 13.0. The van der Waals surface area contributed by atoms with Gasteiger partial charge in [-0.1, -0.05) is 49.6 Å². The third kappa shape index (κ3) is 5.57. The van der Waals surface area contributed by atoms with Gasteiger partial charge in [0.1, 0.15) is 6.10 Å². The molecular weight excluding hydrogens is 390 g/mol. The fraction of sp³-hybridized carbons (Fsp3) is 0.667. The van der Waals surface area contributed by atoms with Crippen LogP contribution in [0.25, 0.3) is 0 Å². The fourth-order valence-electron chi connectivity index (χ4n) is 4.08. The molecule has 0 aromatic heterocycles. The number of hydrogen-bond donors (Lipinski definition) is 0. The molecule has 0 N–H and O–H groups in total. The van der Waals surface area contributed by atoms with Crippen molar-refractivity contribution in [2.45, 2.75) is 57.8 Å². The molecule has 0 unspecified atom stereocenters. The van der Waals surface area contributed by atoms with Crippen LogP contribution in [-0.2, 0) is 26.3 Å². The van der Waals surface area contributed by atoms with Gasteiger partial charge in [0.25, 0.3) is 16.1 Å². The summed E-state index contributed by atoms with van der Waals surface area (Å²) in [5, 5.41) is 0. The maximum absolute atomic E-state index is 13.0. The first kappa shape index (κ1) is 22.2. The molecule has 0 bridgehead atoms. The number of hydrogen-bond acceptors (Lipinski definition) is 4. The number of nitrogens with zero attached hydrogens (tertiary/aromatic N) is 3. The molecule has 3 rings (SSSR count). The average Bonchev–Trinajstić information content (AvgIpc) is 2.77. The summed E-state index contributed by atoms with van der Waals surface area (Å²) in [7, 11) is -1.78. The fourth-order valence-corrected chi connectivity index (χ4v) is 5.65. The van der Waals surface area contributed by atoms with E-state index in [9.17, 15) is 13.2 Å². The topological polar surface area (TPSA) is 70.2 Å². The molecule has 2 aliphatic rings. The van der Waals surface area contributed by atoms with E-state index in [1.54, 1.807) is 23.2 Å². The zero-order chi connectivity index (χ0) is 20.9. The summed E-state index contributed by atoms with van der Waals surface area (Å²) in [6.07, 6.45) is 4.69. The minimum absolute atomic E-state index is 0.0846. The SMILES string of the molecule is C[C@@H](OCc1ccccc1)C(=O)N1CCN(S(=O)(=O)N(C)C2CCCCC2)CC1. The Balaban J connectivity index is 1.49. The van der Waals surface area contributed by atoms with Crippen LogP contribution in [0, 0.1) is 0 Å². The van der Waals surface area contributed by atoms with Crippen molar-refractivity contribution in [3.63, 3.8) is 0 Å². The van der Waals surface area contributed by atoms with Gasteiger partial charge in [-0.05, 0) is 25.3 Å². The molecule has 2 fully saturated rings. The monoisotopic (exact) mass is 423 g/mol. The molecule has 0 radical (unpaired) electrons. The van der Waals surface area contributed by atoms with Crippen LogP contribution in [0.3, 0.4) is 0 Å². The van der Waals surface area contributed by atoms with E-state index in [4.69, 9.17) is 4.74 Å². The predicted molar refractivity (Wildman–Crippen MR) is 112 cm³/mol. The highest BCUT2D eigenvalue weighted by Crippen LogP contribution is 2.25. The first-order valence-corrected chi connectivity index (χ1v) is 12.0. The van der Waals surface area contributed by atoms with E-state index in [2.05, 4.69) is 0 Å². The highest BCUT2D eigenvalue weighted by Gasteiger charge is 2.36. The van der Waals surface area contributed by atoms with E-state index in [1.807, 2.05) is 30.3 Å².